The molecule has 22 heavy (non-hydrogen) atoms. The highest BCUT2D eigenvalue weighted by Gasteiger charge is 2.54. The molecule has 5 nitrogen and oxygen atoms in total. The highest BCUT2D eigenvalue weighted by molar-refractivity contribution is 7.95. The Bertz CT molecular complexity index is 808. The van der Waals surface area contributed by atoms with Crippen LogP contribution in [0.5, 0.6) is 0 Å². The van der Waals surface area contributed by atoms with Crippen molar-refractivity contribution in [3.05, 3.63) is 53.6 Å². The fourth-order valence-electron chi connectivity index (χ4n) is 2.61. The Kier molecular flexibility index (Phi) is 3.57. The quantitative estimate of drug-likeness (QED) is 0.781. The molecule has 116 valence electrons. The summed E-state index contributed by atoms with van der Waals surface area (Å²) >= 11 is 0. The normalized spacial score (nSPS) is 27.2. The number of fused-ring (bicyclic) bond motifs is 1. The zero-order chi connectivity index (χ0) is 16.1. The maximum atomic E-state index is 12.6. The first-order valence-electron chi connectivity index (χ1n) is 6.70. The molecule has 2 heterocycles. The molecule has 2 unspecified atom stereocenters. The number of sulfone groups is 1. The lowest BCUT2D eigenvalue weighted by atomic mass is 9.98. The first-order chi connectivity index (χ1) is 10.3. The number of amides is 1. The van der Waals surface area contributed by atoms with Crippen LogP contribution in [0.25, 0.3) is 0 Å². The molecular formula is C15H15NO4S2. The van der Waals surface area contributed by atoms with Gasteiger partial charge in [0, 0.05) is 22.8 Å². The second-order valence-electron chi connectivity index (χ2n) is 5.33. The van der Waals surface area contributed by atoms with Gasteiger partial charge in [0.1, 0.15) is 11.3 Å². The number of benzene rings is 1. The fourth-order valence-corrected chi connectivity index (χ4v) is 5.54. The average Bonchev–Trinajstić information content (AvgIpc) is 2.48. The van der Waals surface area contributed by atoms with Crippen LogP contribution < -0.4 is 0 Å². The standard InChI is InChI=1S/C15H15NO4S2/c1-10-4-6-12(7-5-10)22(19,20)11(2)13-14(17)16-8-3-9-21(18)15(13)16/h3-8,13,15H,2,9H2,1H3/t13?,15-,21?/m0/s1. The van der Waals surface area contributed by atoms with E-state index in [2.05, 4.69) is 6.58 Å². The zero-order valence-electron chi connectivity index (χ0n) is 11.9. The molecule has 0 saturated carbocycles. The van der Waals surface area contributed by atoms with E-state index in [0.717, 1.165) is 5.56 Å². The predicted molar refractivity (Wildman–Crippen MR) is 83.8 cm³/mol. The Morgan fingerprint density at radius 2 is 1.95 bits per heavy atom. The Hall–Kier alpha value is -1.73. The minimum absolute atomic E-state index is 0.103. The van der Waals surface area contributed by atoms with Crippen molar-refractivity contribution in [2.45, 2.75) is 17.2 Å². The molecule has 2 aliphatic heterocycles. The van der Waals surface area contributed by atoms with E-state index in [9.17, 15) is 17.4 Å². The monoisotopic (exact) mass is 337 g/mol. The van der Waals surface area contributed by atoms with Crippen molar-refractivity contribution in [3.63, 3.8) is 0 Å². The SMILES string of the molecule is C=C(C1C(=O)N2C=CCS(=O)[C@@H]12)S(=O)(=O)c1ccc(C)cc1. The molecule has 1 saturated heterocycles. The van der Waals surface area contributed by atoms with Gasteiger partial charge in [-0.05, 0) is 19.1 Å². The third-order valence-electron chi connectivity index (χ3n) is 3.90. The third-order valence-corrected chi connectivity index (χ3v) is 7.30. The zero-order valence-corrected chi connectivity index (χ0v) is 13.6. The van der Waals surface area contributed by atoms with Crippen molar-refractivity contribution in [2.75, 3.05) is 5.75 Å². The second kappa shape index (κ2) is 5.17. The lowest BCUT2D eigenvalue weighted by molar-refractivity contribution is -0.143. The van der Waals surface area contributed by atoms with Crippen LogP contribution in [0.2, 0.25) is 0 Å². The minimum atomic E-state index is -3.82. The van der Waals surface area contributed by atoms with E-state index in [-0.39, 0.29) is 15.7 Å². The molecule has 1 aromatic rings. The number of β-lactam (4-membered cyclic amide) rings is 1. The molecule has 7 heteroatoms. The van der Waals surface area contributed by atoms with E-state index in [1.165, 1.54) is 17.0 Å². The van der Waals surface area contributed by atoms with Crippen LogP contribution >= 0.6 is 0 Å². The van der Waals surface area contributed by atoms with Crippen molar-refractivity contribution in [2.24, 2.45) is 5.92 Å². The van der Waals surface area contributed by atoms with E-state index in [1.54, 1.807) is 24.4 Å². The van der Waals surface area contributed by atoms with E-state index in [0.29, 0.717) is 5.75 Å². The molecule has 3 rings (SSSR count). The Morgan fingerprint density at radius 3 is 2.59 bits per heavy atom. The highest BCUT2D eigenvalue weighted by atomic mass is 32.2. The average molecular weight is 337 g/mol. The summed E-state index contributed by atoms with van der Waals surface area (Å²) in [4.78, 5) is 13.4. The van der Waals surface area contributed by atoms with Gasteiger partial charge in [-0.15, -0.1) is 0 Å². The fraction of sp³-hybridized carbons (Fsp3) is 0.267. The summed E-state index contributed by atoms with van der Waals surface area (Å²) in [6.07, 6.45) is 3.22. The van der Waals surface area contributed by atoms with Crippen LogP contribution in [0.3, 0.4) is 0 Å². The minimum Gasteiger partial charge on any atom is -0.302 e. The number of hydrogen-bond donors (Lipinski definition) is 0. The first-order valence-corrected chi connectivity index (χ1v) is 9.57. The summed E-state index contributed by atoms with van der Waals surface area (Å²) in [6.45, 7) is 5.49. The van der Waals surface area contributed by atoms with Gasteiger partial charge in [-0.1, -0.05) is 30.4 Å². The van der Waals surface area contributed by atoms with Crippen molar-refractivity contribution in [1.82, 2.24) is 4.90 Å². The van der Waals surface area contributed by atoms with Gasteiger partial charge in [0.2, 0.25) is 15.7 Å². The van der Waals surface area contributed by atoms with Crippen LogP contribution in [0.1, 0.15) is 5.56 Å². The van der Waals surface area contributed by atoms with Gasteiger partial charge >= 0.3 is 0 Å². The molecule has 0 N–H and O–H groups in total. The molecule has 0 aliphatic carbocycles. The Balaban J connectivity index is 1.94. The van der Waals surface area contributed by atoms with Gasteiger partial charge in [0.05, 0.1) is 9.80 Å². The van der Waals surface area contributed by atoms with Gasteiger partial charge < -0.3 is 4.90 Å². The van der Waals surface area contributed by atoms with Gasteiger partial charge in [-0.3, -0.25) is 9.00 Å². The molecule has 0 radical (unpaired) electrons. The van der Waals surface area contributed by atoms with E-state index in [4.69, 9.17) is 0 Å². The lowest BCUT2D eigenvalue weighted by Crippen LogP contribution is -2.62. The largest absolute Gasteiger partial charge is 0.302 e. The van der Waals surface area contributed by atoms with Gasteiger partial charge in [0.25, 0.3) is 0 Å². The molecule has 0 bridgehead atoms. The van der Waals surface area contributed by atoms with Gasteiger partial charge in [-0.2, -0.15) is 0 Å². The maximum Gasteiger partial charge on any atom is 0.238 e. The summed E-state index contributed by atoms with van der Waals surface area (Å²) in [5, 5.41) is -0.620. The van der Waals surface area contributed by atoms with E-state index in [1.807, 2.05) is 6.92 Å². The van der Waals surface area contributed by atoms with Gasteiger partial charge in [-0.25, -0.2) is 8.42 Å². The Labute approximate surface area is 131 Å². The number of hydrogen-bond acceptors (Lipinski definition) is 4. The van der Waals surface area contributed by atoms with Crippen LogP contribution in [0, 0.1) is 12.8 Å². The van der Waals surface area contributed by atoms with E-state index >= 15 is 0 Å². The molecular weight excluding hydrogens is 322 g/mol. The maximum absolute atomic E-state index is 12.6. The molecule has 0 aromatic heterocycles. The van der Waals surface area contributed by atoms with Gasteiger partial charge in [0.15, 0.2) is 0 Å². The number of nitrogens with zero attached hydrogens (tertiary/aromatic N) is 1. The predicted octanol–water partition coefficient (Wildman–Crippen LogP) is 1.34. The molecule has 2 aliphatic rings. The molecule has 1 amide bonds. The van der Waals surface area contributed by atoms with Crippen molar-refractivity contribution < 1.29 is 17.4 Å². The third kappa shape index (κ3) is 2.16. The topological polar surface area (TPSA) is 71.5 Å². The van der Waals surface area contributed by atoms with Crippen LogP contribution in [0.15, 0.2) is 52.9 Å². The summed E-state index contributed by atoms with van der Waals surface area (Å²) in [6, 6.07) is 6.37. The molecule has 3 atom stereocenters. The summed E-state index contributed by atoms with van der Waals surface area (Å²) in [5.41, 5.74) is 0.939. The van der Waals surface area contributed by atoms with Crippen LogP contribution in [-0.2, 0) is 25.4 Å². The molecule has 1 aromatic carbocycles. The number of rotatable bonds is 3. The summed E-state index contributed by atoms with van der Waals surface area (Å²) < 4.78 is 37.3. The van der Waals surface area contributed by atoms with Crippen LogP contribution in [-0.4, -0.2) is 34.6 Å². The first kappa shape index (κ1) is 15.2. The summed E-state index contributed by atoms with van der Waals surface area (Å²) in [5.74, 6) is -0.977. The molecule has 0 spiro atoms. The number of carbonyl (C=O) groups is 1. The number of aryl methyl sites for hydroxylation is 1. The second-order valence-corrected chi connectivity index (χ2v) is 8.91. The smallest absolute Gasteiger partial charge is 0.238 e. The molecule has 1 fully saturated rings. The highest BCUT2D eigenvalue weighted by Crippen LogP contribution is 2.40. The number of carbonyl (C=O) groups excluding carboxylic acids is 1. The lowest BCUT2D eigenvalue weighted by Gasteiger charge is -2.46. The van der Waals surface area contributed by atoms with Crippen LogP contribution in [0.4, 0.5) is 0 Å². The van der Waals surface area contributed by atoms with E-state index < -0.39 is 31.9 Å². The van der Waals surface area contributed by atoms with Crippen molar-refractivity contribution in [3.8, 4) is 0 Å². The Morgan fingerprint density at radius 1 is 1.32 bits per heavy atom. The van der Waals surface area contributed by atoms with Crippen molar-refractivity contribution >= 4 is 26.5 Å². The summed E-state index contributed by atoms with van der Waals surface area (Å²) in [7, 11) is -5.12. The van der Waals surface area contributed by atoms with Crippen molar-refractivity contribution in [1.29, 1.82) is 0 Å².